The third kappa shape index (κ3) is 2.28. The van der Waals surface area contributed by atoms with E-state index < -0.39 is 9.84 Å². The number of fused-ring (bicyclic) bond motifs is 7. The third-order valence-electron chi connectivity index (χ3n) is 6.01. The van der Waals surface area contributed by atoms with E-state index in [0.29, 0.717) is 21.6 Å². The van der Waals surface area contributed by atoms with E-state index in [2.05, 4.69) is 15.9 Å². The van der Waals surface area contributed by atoms with Crippen molar-refractivity contribution in [2.24, 2.45) is 0 Å². The van der Waals surface area contributed by atoms with Crippen molar-refractivity contribution in [3.63, 3.8) is 0 Å². The zero-order valence-corrected chi connectivity index (χ0v) is 15.6. The summed E-state index contributed by atoms with van der Waals surface area (Å²) in [7, 11) is -1.87. The predicted octanol–water partition coefficient (Wildman–Crippen LogP) is 2.79. The Morgan fingerprint density at radius 2 is 1.73 bits per heavy atom. The first-order chi connectivity index (χ1) is 12.6. The van der Waals surface area contributed by atoms with Crippen LogP contribution in [-0.4, -0.2) is 52.6 Å². The van der Waals surface area contributed by atoms with E-state index in [0.717, 1.165) is 55.8 Å². The SMILES string of the molecule is [11CH3]Oc1ccc2c(c1)-c1ccc(N3CCN4CCC3CC4)cc1S2(=O)=O. The van der Waals surface area contributed by atoms with Gasteiger partial charge in [0, 0.05) is 49.0 Å². The van der Waals surface area contributed by atoms with Crippen LogP contribution in [0, 0.1) is 0 Å². The van der Waals surface area contributed by atoms with Gasteiger partial charge in [0.05, 0.1) is 16.9 Å². The molecular weight excluding hydrogens is 347 g/mol. The number of hydrogen-bond donors (Lipinski definition) is 0. The van der Waals surface area contributed by atoms with Crippen LogP contribution in [0.5, 0.6) is 5.75 Å². The first kappa shape index (κ1) is 16.1. The molecule has 136 valence electrons. The first-order valence-corrected chi connectivity index (χ1v) is 10.6. The molecule has 0 unspecified atom stereocenters. The van der Waals surface area contributed by atoms with E-state index in [1.807, 2.05) is 18.2 Å². The van der Waals surface area contributed by atoms with Crippen molar-refractivity contribution in [2.45, 2.75) is 28.7 Å². The van der Waals surface area contributed by atoms with Crippen molar-refractivity contribution in [1.82, 2.24) is 4.90 Å². The minimum absolute atomic E-state index is 0.383. The molecule has 4 heterocycles. The number of anilines is 1. The minimum atomic E-state index is -3.47. The summed E-state index contributed by atoms with van der Waals surface area (Å²) in [5.74, 6) is 0.675. The Kier molecular flexibility index (Phi) is 3.56. The van der Waals surface area contributed by atoms with E-state index in [-0.39, 0.29) is 0 Å². The molecule has 0 radical (unpaired) electrons. The highest BCUT2D eigenvalue weighted by molar-refractivity contribution is 7.92. The van der Waals surface area contributed by atoms with Crippen LogP contribution in [0.25, 0.3) is 11.1 Å². The standard InChI is InChI=1S/C20H22N2O3S/c1-25-16-3-5-19-18(13-16)17-4-2-15(12-20(17)26(19,23)24)22-11-10-21-8-6-14(22)7-9-21/h2-5,12-14H,6-11H2,1H3/i1-1. The largest absolute Gasteiger partial charge is 0.497 e. The summed E-state index contributed by atoms with van der Waals surface area (Å²) < 4.78 is 31.4. The number of hydrogen-bond acceptors (Lipinski definition) is 5. The number of benzene rings is 2. The molecule has 4 aliphatic rings. The molecule has 2 aromatic carbocycles. The van der Waals surface area contributed by atoms with Gasteiger partial charge in [-0.3, -0.25) is 0 Å². The van der Waals surface area contributed by atoms with Crippen molar-refractivity contribution < 1.29 is 13.2 Å². The highest BCUT2D eigenvalue weighted by Crippen LogP contribution is 2.46. The molecule has 0 saturated carbocycles. The number of piperidine rings is 1. The van der Waals surface area contributed by atoms with Gasteiger partial charge in [-0.25, -0.2) is 8.42 Å². The fourth-order valence-corrected chi connectivity index (χ4v) is 6.25. The van der Waals surface area contributed by atoms with Gasteiger partial charge in [0.2, 0.25) is 9.84 Å². The lowest BCUT2D eigenvalue weighted by molar-refractivity contribution is 0.250. The second-order valence-electron chi connectivity index (χ2n) is 7.31. The van der Waals surface area contributed by atoms with Crippen molar-refractivity contribution in [3.05, 3.63) is 36.4 Å². The van der Waals surface area contributed by atoms with Gasteiger partial charge in [0.15, 0.2) is 0 Å². The molecule has 0 spiro atoms. The predicted molar refractivity (Wildman–Crippen MR) is 101 cm³/mol. The molecule has 3 saturated heterocycles. The summed E-state index contributed by atoms with van der Waals surface area (Å²) in [6.07, 6.45) is 2.31. The fourth-order valence-electron chi connectivity index (χ4n) is 4.56. The minimum Gasteiger partial charge on any atom is -0.497 e. The molecule has 0 atom stereocenters. The maximum atomic E-state index is 13.1. The average molecular weight is 369 g/mol. The second-order valence-corrected chi connectivity index (χ2v) is 9.20. The highest BCUT2D eigenvalue weighted by atomic mass is 32.2. The molecular formula is C20H22N2O3S. The van der Waals surface area contributed by atoms with E-state index in [4.69, 9.17) is 4.74 Å². The van der Waals surface area contributed by atoms with E-state index in [1.165, 1.54) is 0 Å². The molecule has 2 aromatic rings. The van der Waals surface area contributed by atoms with Gasteiger partial charge in [0.1, 0.15) is 5.75 Å². The van der Waals surface area contributed by atoms with Crippen LogP contribution in [0.1, 0.15) is 12.8 Å². The number of sulfone groups is 1. The quantitative estimate of drug-likeness (QED) is 0.695. The zero-order chi connectivity index (χ0) is 17.9. The molecule has 0 N–H and O–H groups in total. The summed E-state index contributed by atoms with van der Waals surface area (Å²) in [5, 5.41) is 0. The summed E-state index contributed by atoms with van der Waals surface area (Å²) >= 11 is 0. The normalized spacial score (nSPS) is 25.5. The monoisotopic (exact) mass is 369 g/mol. The van der Waals surface area contributed by atoms with E-state index >= 15 is 0 Å². The lowest BCUT2D eigenvalue weighted by Gasteiger charge is -2.33. The Hall–Kier alpha value is -2.05. The molecule has 26 heavy (non-hydrogen) atoms. The fraction of sp³-hybridized carbons (Fsp3) is 0.400. The Balaban J connectivity index is 1.61. The van der Waals surface area contributed by atoms with Gasteiger partial charge in [-0.2, -0.15) is 0 Å². The summed E-state index contributed by atoms with van der Waals surface area (Å²) in [6.45, 7) is 4.31. The van der Waals surface area contributed by atoms with Crippen LogP contribution in [0.15, 0.2) is 46.2 Å². The second kappa shape index (κ2) is 5.72. The molecule has 6 heteroatoms. The molecule has 0 aliphatic carbocycles. The Bertz CT molecular complexity index is 979. The van der Waals surface area contributed by atoms with E-state index in [9.17, 15) is 8.42 Å². The first-order valence-electron chi connectivity index (χ1n) is 9.14. The molecule has 6 rings (SSSR count). The lowest BCUT2D eigenvalue weighted by atomic mass is 10.0. The van der Waals surface area contributed by atoms with Crippen LogP contribution >= 0.6 is 0 Å². The lowest BCUT2D eigenvalue weighted by Crippen LogP contribution is -2.37. The number of nitrogens with zero attached hydrogens (tertiary/aromatic N) is 2. The smallest absolute Gasteiger partial charge is 0.207 e. The summed E-state index contributed by atoms with van der Waals surface area (Å²) in [5.41, 5.74) is 2.56. The van der Waals surface area contributed by atoms with Crippen LogP contribution in [0.4, 0.5) is 5.69 Å². The van der Waals surface area contributed by atoms with Crippen LogP contribution < -0.4 is 9.64 Å². The molecule has 2 bridgehead atoms. The van der Waals surface area contributed by atoms with Gasteiger partial charge < -0.3 is 14.5 Å². The van der Waals surface area contributed by atoms with Crippen LogP contribution in [0.3, 0.4) is 0 Å². The van der Waals surface area contributed by atoms with E-state index in [1.54, 1.807) is 19.2 Å². The molecule has 0 aromatic heterocycles. The van der Waals surface area contributed by atoms with Crippen molar-refractivity contribution in [1.29, 1.82) is 0 Å². The average Bonchev–Trinajstić information content (AvgIpc) is 2.88. The highest BCUT2D eigenvalue weighted by Gasteiger charge is 2.35. The maximum Gasteiger partial charge on any atom is 0.207 e. The number of methoxy groups -OCH3 is 1. The van der Waals surface area contributed by atoms with Gasteiger partial charge in [-0.1, -0.05) is 6.07 Å². The van der Waals surface area contributed by atoms with Gasteiger partial charge >= 0.3 is 0 Å². The Morgan fingerprint density at radius 3 is 2.50 bits per heavy atom. The Labute approximate surface area is 154 Å². The molecule has 4 aliphatic heterocycles. The van der Waals surface area contributed by atoms with Crippen LogP contribution in [0.2, 0.25) is 0 Å². The van der Waals surface area contributed by atoms with Gasteiger partial charge in [0.25, 0.3) is 0 Å². The third-order valence-corrected chi connectivity index (χ3v) is 7.86. The topological polar surface area (TPSA) is 49.9 Å². The van der Waals surface area contributed by atoms with Crippen molar-refractivity contribution in [2.75, 3.05) is 38.2 Å². The van der Waals surface area contributed by atoms with Crippen molar-refractivity contribution >= 4 is 15.5 Å². The maximum absolute atomic E-state index is 13.1. The Morgan fingerprint density at radius 1 is 0.923 bits per heavy atom. The molecule has 3 fully saturated rings. The van der Waals surface area contributed by atoms with Gasteiger partial charge in [-0.05, 0) is 43.2 Å². The van der Waals surface area contributed by atoms with Gasteiger partial charge in [-0.15, -0.1) is 0 Å². The van der Waals surface area contributed by atoms with Crippen LogP contribution in [-0.2, 0) is 9.84 Å². The number of rotatable bonds is 2. The summed E-state index contributed by atoms with van der Waals surface area (Å²) in [4.78, 5) is 5.72. The number of ether oxygens (including phenoxy) is 1. The molecule has 5 nitrogen and oxygen atoms in total. The van der Waals surface area contributed by atoms with Crippen molar-refractivity contribution in [3.8, 4) is 16.9 Å². The zero-order valence-electron chi connectivity index (χ0n) is 14.8. The summed E-state index contributed by atoms with van der Waals surface area (Å²) in [6, 6.07) is 11.6. The molecule has 0 amide bonds.